The molecule has 0 bridgehead atoms. The van der Waals surface area contributed by atoms with Crippen molar-refractivity contribution < 1.29 is 17.7 Å². The summed E-state index contributed by atoms with van der Waals surface area (Å²) >= 11 is 0. The van der Waals surface area contributed by atoms with Crippen LogP contribution in [0, 0.1) is 26.7 Å². The normalized spacial score (nSPS) is 14.4. The van der Waals surface area contributed by atoms with Gasteiger partial charge < -0.3 is 14.7 Å². The van der Waals surface area contributed by atoms with E-state index in [-0.39, 0.29) is 22.6 Å². The maximum atomic E-state index is 12.9. The Morgan fingerprint density at radius 2 is 1.74 bits per heavy atom. The van der Waals surface area contributed by atoms with Crippen molar-refractivity contribution in [1.82, 2.24) is 24.7 Å². The van der Waals surface area contributed by atoms with Gasteiger partial charge in [-0.25, -0.2) is 28.1 Å². The fourth-order valence-electron chi connectivity index (χ4n) is 4.29. The summed E-state index contributed by atoms with van der Waals surface area (Å²) in [6, 6.07) is 7.94. The number of hydrogen-bond acceptors (Lipinski definition) is 9. The van der Waals surface area contributed by atoms with Crippen LogP contribution < -0.4 is 14.9 Å². The van der Waals surface area contributed by atoms with Gasteiger partial charge in [-0.1, -0.05) is 5.16 Å². The third kappa shape index (κ3) is 5.23. The van der Waals surface area contributed by atoms with Gasteiger partial charge in [-0.3, -0.25) is 9.36 Å². The van der Waals surface area contributed by atoms with E-state index in [1.165, 1.54) is 18.5 Å². The molecule has 38 heavy (non-hydrogen) atoms. The van der Waals surface area contributed by atoms with Crippen molar-refractivity contribution in [2.75, 3.05) is 28.0 Å². The van der Waals surface area contributed by atoms with Crippen molar-refractivity contribution >= 4 is 33.3 Å². The molecule has 1 fully saturated rings. The van der Waals surface area contributed by atoms with Crippen LogP contribution in [0.15, 0.2) is 58.5 Å². The van der Waals surface area contributed by atoms with Crippen molar-refractivity contribution in [1.29, 1.82) is 0 Å². The summed E-state index contributed by atoms with van der Waals surface area (Å²) in [5.74, 6) is 2.22. The number of amides is 1. The summed E-state index contributed by atoms with van der Waals surface area (Å²) in [5, 5.41) is 6.67. The number of imidazole rings is 1. The van der Waals surface area contributed by atoms with Crippen LogP contribution >= 0.6 is 0 Å². The van der Waals surface area contributed by atoms with Gasteiger partial charge in [0, 0.05) is 48.7 Å². The van der Waals surface area contributed by atoms with Gasteiger partial charge in [-0.05, 0) is 57.9 Å². The minimum absolute atomic E-state index is 0.0485. The number of carbonyl (C=O) groups excluding carboxylic acids is 1. The highest BCUT2D eigenvalue weighted by molar-refractivity contribution is 7.92. The average Bonchev–Trinajstić information content (AvgIpc) is 3.49. The first kappa shape index (κ1) is 25.4. The van der Waals surface area contributed by atoms with Gasteiger partial charge in [0.05, 0.1) is 10.6 Å². The average molecular weight is 537 g/mol. The zero-order chi connectivity index (χ0) is 26.9. The molecule has 4 aromatic rings. The molecule has 0 radical (unpaired) electrons. The molecule has 198 valence electrons. The van der Waals surface area contributed by atoms with E-state index in [0.29, 0.717) is 42.9 Å². The molecule has 1 aliphatic rings. The molecular formula is C25H28N8O4S. The van der Waals surface area contributed by atoms with Gasteiger partial charge in [-0.2, -0.15) is 0 Å². The molecule has 0 aliphatic carbocycles. The molecule has 1 amide bonds. The lowest BCUT2D eigenvalue weighted by Crippen LogP contribution is -2.38. The van der Waals surface area contributed by atoms with Crippen molar-refractivity contribution in [2.45, 2.75) is 38.5 Å². The SMILES string of the molecule is Cc1noc(NS(=O)(=O)c2ccc(NC(=O)C3CCN(c4cc(-n5ccnc5C)ncn4)CC3)cc2)c1C. The number of anilines is 3. The molecule has 1 aromatic carbocycles. The van der Waals surface area contributed by atoms with Crippen LogP contribution in [-0.4, -0.2) is 52.1 Å². The maximum absolute atomic E-state index is 12.9. The Morgan fingerprint density at radius 3 is 2.37 bits per heavy atom. The number of benzene rings is 1. The van der Waals surface area contributed by atoms with E-state index in [1.807, 2.05) is 23.8 Å². The summed E-state index contributed by atoms with van der Waals surface area (Å²) in [6.45, 7) is 6.73. The van der Waals surface area contributed by atoms with Gasteiger partial charge in [0.15, 0.2) is 0 Å². The van der Waals surface area contributed by atoms with Gasteiger partial charge in [0.1, 0.15) is 23.8 Å². The Balaban J connectivity index is 1.17. The molecule has 1 aliphatic heterocycles. The lowest BCUT2D eigenvalue weighted by Gasteiger charge is -2.32. The number of sulfonamides is 1. The van der Waals surface area contributed by atoms with E-state index < -0.39 is 10.0 Å². The summed E-state index contributed by atoms with van der Waals surface area (Å²) in [7, 11) is -3.86. The molecule has 1 saturated heterocycles. The number of nitrogens with one attached hydrogen (secondary N) is 2. The molecule has 0 spiro atoms. The van der Waals surface area contributed by atoms with Crippen LogP contribution in [0.25, 0.3) is 5.82 Å². The van der Waals surface area contributed by atoms with Crippen molar-refractivity contribution in [2.24, 2.45) is 5.92 Å². The van der Waals surface area contributed by atoms with Gasteiger partial charge in [-0.15, -0.1) is 0 Å². The van der Waals surface area contributed by atoms with E-state index in [9.17, 15) is 13.2 Å². The molecule has 4 heterocycles. The van der Waals surface area contributed by atoms with Crippen LogP contribution in [0.1, 0.15) is 29.9 Å². The van der Waals surface area contributed by atoms with E-state index >= 15 is 0 Å². The molecule has 13 heteroatoms. The first-order valence-corrected chi connectivity index (χ1v) is 13.6. The van der Waals surface area contributed by atoms with Crippen molar-refractivity contribution in [3.8, 4) is 5.82 Å². The smallest absolute Gasteiger partial charge is 0.264 e. The third-order valence-electron chi connectivity index (χ3n) is 6.72. The van der Waals surface area contributed by atoms with Crippen LogP contribution in [0.2, 0.25) is 0 Å². The summed E-state index contributed by atoms with van der Waals surface area (Å²) in [6.07, 6.45) is 6.46. The molecule has 0 saturated carbocycles. The summed E-state index contributed by atoms with van der Waals surface area (Å²) < 4.78 is 34.7. The minimum atomic E-state index is -3.86. The van der Waals surface area contributed by atoms with E-state index in [0.717, 1.165) is 17.5 Å². The molecule has 12 nitrogen and oxygen atoms in total. The van der Waals surface area contributed by atoms with Crippen molar-refractivity contribution in [3.05, 3.63) is 66.1 Å². The number of aromatic nitrogens is 5. The fraction of sp³-hybridized carbons (Fsp3) is 0.320. The highest BCUT2D eigenvalue weighted by Crippen LogP contribution is 2.26. The lowest BCUT2D eigenvalue weighted by atomic mass is 9.96. The molecule has 3 aromatic heterocycles. The minimum Gasteiger partial charge on any atom is -0.356 e. The molecular weight excluding hydrogens is 508 g/mol. The number of nitrogens with zero attached hydrogens (tertiary/aromatic N) is 6. The van der Waals surface area contributed by atoms with E-state index in [2.05, 4.69) is 35.0 Å². The Labute approximate surface area is 220 Å². The summed E-state index contributed by atoms with van der Waals surface area (Å²) in [4.78, 5) is 28.1. The Kier molecular flexibility index (Phi) is 6.85. The molecule has 2 N–H and O–H groups in total. The van der Waals surface area contributed by atoms with Crippen LogP contribution in [-0.2, 0) is 14.8 Å². The standard InChI is InChI=1S/C25H28N8O4S/c1-16-17(2)30-37-25(16)31-38(35,36)21-6-4-20(5-7-21)29-24(34)19-8-11-32(12-9-19)22-14-23(28-15-27-22)33-13-10-26-18(33)3/h4-7,10,13-15,19,31H,8-9,11-12H2,1-3H3,(H,29,34). The predicted octanol–water partition coefficient (Wildman–Crippen LogP) is 3.23. The fourth-order valence-corrected chi connectivity index (χ4v) is 5.33. The highest BCUT2D eigenvalue weighted by Gasteiger charge is 2.26. The molecule has 0 unspecified atom stereocenters. The maximum Gasteiger partial charge on any atom is 0.264 e. The van der Waals surface area contributed by atoms with E-state index in [4.69, 9.17) is 4.52 Å². The predicted molar refractivity (Wildman–Crippen MR) is 141 cm³/mol. The second kappa shape index (κ2) is 10.2. The van der Waals surface area contributed by atoms with Gasteiger partial charge in [0.2, 0.25) is 11.8 Å². The van der Waals surface area contributed by atoms with Gasteiger partial charge in [0.25, 0.3) is 10.0 Å². The van der Waals surface area contributed by atoms with Crippen LogP contribution in [0.4, 0.5) is 17.4 Å². The number of piperidine rings is 1. The number of rotatable bonds is 7. The first-order chi connectivity index (χ1) is 18.2. The van der Waals surface area contributed by atoms with Crippen molar-refractivity contribution in [3.63, 3.8) is 0 Å². The topological polar surface area (TPSA) is 148 Å². The monoisotopic (exact) mass is 536 g/mol. The van der Waals surface area contributed by atoms with Crippen LogP contribution in [0.5, 0.6) is 0 Å². The molecule has 5 rings (SSSR count). The lowest BCUT2D eigenvalue weighted by molar-refractivity contribution is -0.120. The second-order valence-electron chi connectivity index (χ2n) is 9.18. The number of carbonyl (C=O) groups is 1. The third-order valence-corrected chi connectivity index (χ3v) is 8.06. The Hall–Kier alpha value is -4.26. The number of aryl methyl sites for hydroxylation is 2. The van der Waals surface area contributed by atoms with E-state index in [1.54, 1.807) is 32.2 Å². The van der Waals surface area contributed by atoms with Crippen LogP contribution in [0.3, 0.4) is 0 Å². The zero-order valence-electron chi connectivity index (χ0n) is 21.2. The van der Waals surface area contributed by atoms with Gasteiger partial charge >= 0.3 is 0 Å². The second-order valence-corrected chi connectivity index (χ2v) is 10.9. The Morgan fingerprint density at radius 1 is 1.03 bits per heavy atom. The molecule has 0 atom stereocenters. The number of hydrogen-bond donors (Lipinski definition) is 2. The summed E-state index contributed by atoms with van der Waals surface area (Å²) in [5.41, 5.74) is 1.76. The Bertz CT molecular complexity index is 1550. The zero-order valence-corrected chi connectivity index (χ0v) is 22.1. The largest absolute Gasteiger partial charge is 0.356 e. The quantitative estimate of drug-likeness (QED) is 0.363. The highest BCUT2D eigenvalue weighted by atomic mass is 32.2. The first-order valence-electron chi connectivity index (χ1n) is 12.2.